The van der Waals surface area contributed by atoms with Crippen LogP contribution in [0.1, 0.15) is 12.5 Å². The summed E-state index contributed by atoms with van der Waals surface area (Å²) in [5, 5.41) is 0. The molecule has 14 heavy (non-hydrogen) atoms. The van der Waals surface area contributed by atoms with E-state index < -0.39 is 0 Å². The molecule has 0 amide bonds. The first-order valence-electron chi connectivity index (χ1n) is 4.64. The molecule has 3 nitrogen and oxygen atoms in total. The Hall–Kier alpha value is -1.35. The topological polar surface area (TPSA) is 42.1 Å². The van der Waals surface area contributed by atoms with Crippen molar-refractivity contribution in [3.63, 3.8) is 0 Å². The summed E-state index contributed by atoms with van der Waals surface area (Å²) in [5.41, 5.74) is 7.66. The van der Waals surface area contributed by atoms with Gasteiger partial charge in [-0.3, -0.25) is 0 Å². The Morgan fingerprint density at radius 2 is 2.29 bits per heavy atom. The average molecular weight is 191 g/mol. The van der Waals surface area contributed by atoms with E-state index in [1.54, 1.807) is 0 Å². The van der Waals surface area contributed by atoms with Gasteiger partial charge < -0.3 is 10.6 Å². The lowest BCUT2D eigenvalue weighted by atomic mass is 10.2. The Balaban J connectivity index is 2.71. The molecule has 0 aliphatic rings. The largest absolute Gasteiger partial charge is 0.356 e. The van der Waals surface area contributed by atoms with E-state index >= 15 is 0 Å². The van der Waals surface area contributed by atoms with Gasteiger partial charge in [0, 0.05) is 26.3 Å². The van der Waals surface area contributed by atoms with Gasteiger partial charge in [-0.15, -0.1) is 0 Å². The van der Waals surface area contributed by atoms with E-state index in [0.29, 0.717) is 6.54 Å². The molecule has 1 heterocycles. The number of hydrogen-bond donors (Lipinski definition) is 1. The van der Waals surface area contributed by atoms with Crippen LogP contribution in [0, 0.1) is 0 Å². The van der Waals surface area contributed by atoms with Crippen molar-refractivity contribution in [2.75, 3.05) is 18.5 Å². The number of hydrogen-bond acceptors (Lipinski definition) is 3. The van der Waals surface area contributed by atoms with Gasteiger partial charge in [0.25, 0.3) is 0 Å². The number of nitrogens with zero attached hydrogens (tertiary/aromatic N) is 2. The fraction of sp³-hybridized carbons (Fsp3) is 0.364. The van der Waals surface area contributed by atoms with Crippen LogP contribution in [0.5, 0.6) is 0 Å². The molecule has 0 bridgehead atoms. The molecule has 1 aromatic heterocycles. The Kier molecular flexibility index (Phi) is 3.65. The number of pyridine rings is 1. The normalized spacial score (nSPS) is 9.93. The van der Waals surface area contributed by atoms with Crippen LogP contribution in [-0.4, -0.2) is 18.6 Å². The maximum atomic E-state index is 5.49. The standard InChI is InChI=1S/C11H17N3/c1-9(2)8-14(3)11-5-4-10(6-12)7-13-11/h4-5,7H,1,6,8,12H2,2-3H3. The molecule has 0 aliphatic carbocycles. The fourth-order valence-electron chi connectivity index (χ4n) is 1.25. The molecular formula is C11H17N3. The van der Waals surface area contributed by atoms with Gasteiger partial charge in [-0.2, -0.15) is 0 Å². The second-order valence-corrected chi connectivity index (χ2v) is 3.54. The summed E-state index contributed by atoms with van der Waals surface area (Å²) in [6.45, 7) is 7.24. The molecule has 76 valence electrons. The minimum absolute atomic E-state index is 0.539. The zero-order valence-corrected chi connectivity index (χ0v) is 8.83. The summed E-state index contributed by atoms with van der Waals surface area (Å²) in [6.07, 6.45) is 1.81. The van der Waals surface area contributed by atoms with E-state index in [4.69, 9.17) is 5.73 Å². The van der Waals surface area contributed by atoms with Crippen LogP contribution in [0.15, 0.2) is 30.5 Å². The summed E-state index contributed by atoms with van der Waals surface area (Å²) in [5.74, 6) is 0.949. The molecule has 2 N–H and O–H groups in total. The molecule has 0 saturated heterocycles. The van der Waals surface area contributed by atoms with Crippen LogP contribution in [0.3, 0.4) is 0 Å². The molecule has 0 fully saturated rings. The number of likely N-dealkylation sites (N-methyl/N-ethyl adjacent to an activating group) is 1. The number of aromatic nitrogens is 1. The SMILES string of the molecule is C=C(C)CN(C)c1ccc(CN)cn1. The highest BCUT2D eigenvalue weighted by atomic mass is 15.2. The number of anilines is 1. The van der Waals surface area contributed by atoms with Crippen molar-refractivity contribution in [1.82, 2.24) is 4.98 Å². The van der Waals surface area contributed by atoms with Crippen molar-refractivity contribution in [2.24, 2.45) is 5.73 Å². The summed E-state index contributed by atoms with van der Waals surface area (Å²) in [6, 6.07) is 3.97. The molecule has 0 atom stereocenters. The summed E-state index contributed by atoms with van der Waals surface area (Å²) < 4.78 is 0. The summed E-state index contributed by atoms with van der Waals surface area (Å²) in [4.78, 5) is 6.37. The van der Waals surface area contributed by atoms with E-state index in [1.165, 1.54) is 0 Å². The highest BCUT2D eigenvalue weighted by Gasteiger charge is 2.01. The van der Waals surface area contributed by atoms with Gasteiger partial charge >= 0.3 is 0 Å². The van der Waals surface area contributed by atoms with Crippen molar-refractivity contribution >= 4 is 5.82 Å². The first-order valence-corrected chi connectivity index (χ1v) is 4.64. The van der Waals surface area contributed by atoms with E-state index in [9.17, 15) is 0 Å². The van der Waals surface area contributed by atoms with Gasteiger partial charge in [0.1, 0.15) is 5.82 Å². The van der Waals surface area contributed by atoms with Crippen LogP contribution < -0.4 is 10.6 Å². The third kappa shape index (κ3) is 2.85. The molecule has 0 saturated carbocycles. The van der Waals surface area contributed by atoms with Crippen molar-refractivity contribution in [3.8, 4) is 0 Å². The smallest absolute Gasteiger partial charge is 0.128 e. The molecule has 0 spiro atoms. The second-order valence-electron chi connectivity index (χ2n) is 3.54. The summed E-state index contributed by atoms with van der Waals surface area (Å²) in [7, 11) is 2.00. The Morgan fingerprint density at radius 1 is 1.57 bits per heavy atom. The van der Waals surface area contributed by atoms with Gasteiger partial charge in [-0.25, -0.2) is 4.98 Å². The van der Waals surface area contributed by atoms with Crippen molar-refractivity contribution < 1.29 is 0 Å². The van der Waals surface area contributed by atoms with E-state index in [2.05, 4.69) is 16.5 Å². The molecule has 1 aromatic rings. The monoisotopic (exact) mass is 191 g/mol. The van der Waals surface area contributed by atoms with Crippen LogP contribution in [-0.2, 0) is 6.54 Å². The van der Waals surface area contributed by atoms with Gasteiger partial charge in [0.05, 0.1) is 0 Å². The van der Waals surface area contributed by atoms with Gasteiger partial charge in [0.2, 0.25) is 0 Å². The number of rotatable bonds is 4. The minimum atomic E-state index is 0.539. The van der Waals surface area contributed by atoms with Crippen molar-refractivity contribution in [2.45, 2.75) is 13.5 Å². The van der Waals surface area contributed by atoms with E-state index in [0.717, 1.165) is 23.5 Å². The second kappa shape index (κ2) is 4.77. The van der Waals surface area contributed by atoms with Crippen molar-refractivity contribution in [3.05, 3.63) is 36.0 Å². The highest BCUT2D eigenvalue weighted by molar-refractivity contribution is 5.39. The van der Waals surface area contributed by atoms with Crippen LogP contribution in [0.2, 0.25) is 0 Å². The molecule has 0 aromatic carbocycles. The average Bonchev–Trinajstić information content (AvgIpc) is 2.17. The predicted molar refractivity (Wildman–Crippen MR) is 60.2 cm³/mol. The lowest BCUT2D eigenvalue weighted by Crippen LogP contribution is -2.20. The van der Waals surface area contributed by atoms with Crippen molar-refractivity contribution in [1.29, 1.82) is 0 Å². The van der Waals surface area contributed by atoms with Crippen LogP contribution in [0.25, 0.3) is 0 Å². The number of nitrogens with two attached hydrogens (primary N) is 1. The molecule has 1 rings (SSSR count). The zero-order valence-electron chi connectivity index (χ0n) is 8.83. The quantitative estimate of drug-likeness (QED) is 0.734. The molecular weight excluding hydrogens is 174 g/mol. The van der Waals surface area contributed by atoms with Gasteiger partial charge in [-0.05, 0) is 18.6 Å². The Labute approximate surface area is 85.3 Å². The van der Waals surface area contributed by atoms with Crippen LogP contribution in [0.4, 0.5) is 5.82 Å². The third-order valence-corrected chi connectivity index (χ3v) is 1.94. The maximum Gasteiger partial charge on any atom is 0.128 e. The third-order valence-electron chi connectivity index (χ3n) is 1.94. The highest BCUT2D eigenvalue weighted by Crippen LogP contribution is 2.10. The van der Waals surface area contributed by atoms with E-state index in [-0.39, 0.29) is 0 Å². The fourth-order valence-corrected chi connectivity index (χ4v) is 1.25. The van der Waals surface area contributed by atoms with E-state index in [1.807, 2.05) is 32.3 Å². The lowest BCUT2D eigenvalue weighted by molar-refractivity contribution is 0.944. The predicted octanol–water partition coefficient (Wildman–Crippen LogP) is 1.55. The van der Waals surface area contributed by atoms with Crippen LogP contribution >= 0.6 is 0 Å². The Bertz CT molecular complexity index is 303. The van der Waals surface area contributed by atoms with Gasteiger partial charge in [0.15, 0.2) is 0 Å². The molecule has 0 unspecified atom stereocenters. The lowest BCUT2D eigenvalue weighted by Gasteiger charge is -2.17. The summed E-state index contributed by atoms with van der Waals surface area (Å²) >= 11 is 0. The first kappa shape index (κ1) is 10.7. The Morgan fingerprint density at radius 3 is 2.71 bits per heavy atom. The maximum absolute atomic E-state index is 5.49. The molecule has 0 radical (unpaired) electrons. The van der Waals surface area contributed by atoms with Gasteiger partial charge in [-0.1, -0.05) is 18.2 Å². The molecule has 3 heteroatoms. The minimum Gasteiger partial charge on any atom is -0.356 e. The zero-order chi connectivity index (χ0) is 10.6. The molecule has 0 aliphatic heterocycles. The first-order chi connectivity index (χ1) is 6.63.